The van der Waals surface area contributed by atoms with Crippen molar-refractivity contribution in [1.29, 1.82) is 0 Å². The lowest BCUT2D eigenvalue weighted by molar-refractivity contribution is 0.651. The molecule has 0 radical (unpaired) electrons. The first-order valence-corrected chi connectivity index (χ1v) is 18.2. The fourth-order valence-electron chi connectivity index (χ4n) is 8.21. The number of benzene rings is 7. The quantitative estimate of drug-likeness (QED) is 0.178. The molecule has 7 aromatic rings. The van der Waals surface area contributed by atoms with Crippen LogP contribution in [0, 0.1) is 6.92 Å². The average Bonchev–Trinajstić information content (AvgIpc) is 3.51. The van der Waals surface area contributed by atoms with E-state index in [2.05, 4.69) is 191 Å². The normalized spacial score (nSPS) is 14.0. The Hall–Kier alpha value is -5.66. The zero-order valence-electron chi connectivity index (χ0n) is 30.3. The summed E-state index contributed by atoms with van der Waals surface area (Å²) in [7, 11) is 0. The van der Waals surface area contributed by atoms with Gasteiger partial charge in [0.2, 0.25) is 0 Å². The van der Waals surface area contributed by atoms with E-state index in [9.17, 15) is 0 Å². The van der Waals surface area contributed by atoms with Gasteiger partial charge in [-0.2, -0.15) is 0 Å². The van der Waals surface area contributed by atoms with E-state index in [-0.39, 0.29) is 10.8 Å². The summed E-state index contributed by atoms with van der Waals surface area (Å²) >= 11 is 0. The van der Waals surface area contributed by atoms with Crippen LogP contribution in [0.15, 0.2) is 170 Å². The number of rotatable bonds is 5. The predicted octanol–water partition coefficient (Wildman–Crippen LogP) is 13.4. The number of anilines is 3. The lowest BCUT2D eigenvalue weighted by atomic mass is 9.79. The van der Waals surface area contributed by atoms with Gasteiger partial charge in [-0.3, -0.25) is 0 Å². The van der Waals surface area contributed by atoms with Gasteiger partial charge in [-0.25, -0.2) is 0 Å². The van der Waals surface area contributed by atoms with Gasteiger partial charge in [0.1, 0.15) is 0 Å². The van der Waals surface area contributed by atoms with Crippen molar-refractivity contribution in [2.24, 2.45) is 0 Å². The fourth-order valence-corrected chi connectivity index (χ4v) is 8.21. The average molecular weight is 660 g/mol. The first-order valence-electron chi connectivity index (χ1n) is 18.2. The molecule has 1 nitrogen and oxygen atoms in total. The topological polar surface area (TPSA) is 3.24 Å². The Bertz CT molecular complexity index is 2280. The summed E-state index contributed by atoms with van der Waals surface area (Å²) in [4.78, 5) is 2.37. The van der Waals surface area contributed by atoms with E-state index in [1.165, 1.54) is 66.9 Å². The third-order valence-electron chi connectivity index (χ3n) is 11.0. The van der Waals surface area contributed by atoms with Gasteiger partial charge < -0.3 is 4.90 Å². The van der Waals surface area contributed by atoms with Crippen molar-refractivity contribution in [3.63, 3.8) is 0 Å². The van der Waals surface area contributed by atoms with Crippen LogP contribution in [0.1, 0.15) is 66.6 Å². The molecular formula is C50H45N. The lowest BCUT2D eigenvalue weighted by Crippen LogP contribution is -2.17. The molecule has 0 N–H and O–H groups in total. The summed E-state index contributed by atoms with van der Waals surface area (Å²) in [6, 6.07) is 61.7. The van der Waals surface area contributed by atoms with Crippen LogP contribution in [0.4, 0.5) is 17.1 Å². The van der Waals surface area contributed by atoms with E-state index in [0.717, 1.165) is 17.8 Å². The van der Waals surface area contributed by atoms with E-state index in [1.807, 2.05) is 18.2 Å². The second-order valence-electron chi connectivity index (χ2n) is 15.1. The summed E-state index contributed by atoms with van der Waals surface area (Å²) in [5.41, 5.74) is 18.6. The molecule has 51 heavy (non-hydrogen) atoms. The minimum Gasteiger partial charge on any atom is -0.310 e. The van der Waals surface area contributed by atoms with Crippen molar-refractivity contribution in [2.75, 3.05) is 4.90 Å². The molecule has 0 amide bonds. The highest BCUT2D eigenvalue weighted by Crippen LogP contribution is 2.57. The van der Waals surface area contributed by atoms with Gasteiger partial charge in [0.25, 0.3) is 0 Å². The highest BCUT2D eigenvalue weighted by atomic mass is 15.1. The lowest BCUT2D eigenvalue weighted by Gasteiger charge is -2.28. The summed E-state index contributed by atoms with van der Waals surface area (Å²) in [5, 5.41) is 0. The van der Waals surface area contributed by atoms with E-state index in [4.69, 9.17) is 0 Å². The van der Waals surface area contributed by atoms with Crippen molar-refractivity contribution in [2.45, 2.75) is 51.9 Å². The zero-order chi connectivity index (χ0) is 35.2. The van der Waals surface area contributed by atoms with Gasteiger partial charge >= 0.3 is 0 Å². The maximum absolute atomic E-state index is 2.51. The molecule has 7 aromatic carbocycles. The largest absolute Gasteiger partial charge is 0.310 e. The predicted molar refractivity (Wildman–Crippen MR) is 217 cm³/mol. The number of hydrogen-bond donors (Lipinski definition) is 0. The Labute approximate surface area is 303 Å². The van der Waals surface area contributed by atoms with Crippen LogP contribution in [0.5, 0.6) is 0 Å². The standard InChI is InChI=1S/C43H37N.C7H8/c1-42(2)38-25-30(24-29-14-8-5-9-15-29)20-22-34(38)36-27-41-37(28-40(36)42)35-23-21-33(26-39(35)43(41,3)4)44(31-16-10-6-11-17-31)32-18-12-7-13-19-32;1-7-5-3-2-4-6-7/h5-23,25-28H,24H2,1-4H3;2-6H,1H3. The molecule has 250 valence electrons. The summed E-state index contributed by atoms with van der Waals surface area (Å²) in [6.45, 7) is 11.7. The molecule has 2 aliphatic rings. The summed E-state index contributed by atoms with van der Waals surface area (Å²) in [5.74, 6) is 0. The van der Waals surface area contributed by atoms with Crippen molar-refractivity contribution in [3.8, 4) is 22.3 Å². The first-order chi connectivity index (χ1) is 24.7. The third-order valence-corrected chi connectivity index (χ3v) is 11.0. The summed E-state index contributed by atoms with van der Waals surface area (Å²) < 4.78 is 0. The molecule has 9 rings (SSSR count). The molecule has 0 aromatic heterocycles. The van der Waals surface area contributed by atoms with Crippen molar-refractivity contribution >= 4 is 17.1 Å². The number of aryl methyl sites for hydroxylation is 1. The first kappa shape index (κ1) is 32.5. The highest BCUT2D eigenvalue weighted by molar-refractivity contribution is 5.91. The van der Waals surface area contributed by atoms with E-state index in [0.29, 0.717) is 0 Å². The van der Waals surface area contributed by atoms with Crippen molar-refractivity contribution < 1.29 is 0 Å². The number of para-hydroxylation sites is 2. The maximum Gasteiger partial charge on any atom is 0.0465 e. The maximum atomic E-state index is 2.51. The van der Waals surface area contributed by atoms with Crippen LogP contribution in [-0.2, 0) is 17.3 Å². The monoisotopic (exact) mass is 659 g/mol. The molecular weight excluding hydrogens is 615 g/mol. The fraction of sp³-hybridized carbons (Fsp3) is 0.160. The molecule has 0 atom stereocenters. The van der Waals surface area contributed by atoms with Crippen LogP contribution in [0.25, 0.3) is 22.3 Å². The Morgan fingerprint density at radius 1 is 0.373 bits per heavy atom. The van der Waals surface area contributed by atoms with Crippen LogP contribution in [-0.4, -0.2) is 0 Å². The van der Waals surface area contributed by atoms with E-state index < -0.39 is 0 Å². The second-order valence-corrected chi connectivity index (χ2v) is 15.1. The molecule has 0 bridgehead atoms. The van der Waals surface area contributed by atoms with Crippen LogP contribution in [0.3, 0.4) is 0 Å². The number of nitrogens with zero attached hydrogens (tertiary/aromatic N) is 1. The SMILES string of the molecule is CC1(C)c2cc(Cc3ccccc3)ccc2-c2cc3c(cc21)-c1ccc(N(c2ccccc2)c2ccccc2)cc1C3(C)C.Cc1ccccc1. The molecule has 1 heteroatoms. The molecule has 0 saturated carbocycles. The molecule has 2 aliphatic carbocycles. The van der Waals surface area contributed by atoms with Gasteiger partial charge in [-0.1, -0.05) is 155 Å². The Kier molecular flexibility index (Phi) is 8.23. The third kappa shape index (κ3) is 5.87. The second kappa shape index (κ2) is 12.9. The van der Waals surface area contributed by atoms with Gasteiger partial charge in [0.15, 0.2) is 0 Å². The molecule has 0 saturated heterocycles. The van der Waals surface area contributed by atoms with Gasteiger partial charge in [0, 0.05) is 27.9 Å². The van der Waals surface area contributed by atoms with Gasteiger partial charge in [0.05, 0.1) is 0 Å². The molecule has 0 aliphatic heterocycles. The van der Waals surface area contributed by atoms with Crippen molar-refractivity contribution in [3.05, 3.63) is 209 Å². The zero-order valence-corrected chi connectivity index (χ0v) is 30.3. The minimum absolute atomic E-state index is 0.0589. The van der Waals surface area contributed by atoms with E-state index in [1.54, 1.807) is 0 Å². The summed E-state index contributed by atoms with van der Waals surface area (Å²) in [6.07, 6.45) is 0.961. The van der Waals surface area contributed by atoms with Crippen LogP contribution in [0.2, 0.25) is 0 Å². The minimum atomic E-state index is -0.116. The Balaban J connectivity index is 0.000000480. The smallest absolute Gasteiger partial charge is 0.0465 e. The Morgan fingerprint density at radius 2 is 0.804 bits per heavy atom. The molecule has 0 unspecified atom stereocenters. The number of fused-ring (bicyclic) bond motifs is 6. The number of hydrogen-bond acceptors (Lipinski definition) is 1. The van der Waals surface area contributed by atoms with Crippen LogP contribution >= 0.6 is 0 Å². The Morgan fingerprint density at radius 3 is 1.29 bits per heavy atom. The molecule has 0 spiro atoms. The molecule has 0 heterocycles. The van der Waals surface area contributed by atoms with Crippen LogP contribution < -0.4 is 4.90 Å². The van der Waals surface area contributed by atoms with Gasteiger partial charge in [-0.05, 0) is 118 Å². The molecule has 0 fully saturated rings. The van der Waals surface area contributed by atoms with E-state index >= 15 is 0 Å². The van der Waals surface area contributed by atoms with Gasteiger partial charge in [-0.15, -0.1) is 0 Å². The highest BCUT2D eigenvalue weighted by Gasteiger charge is 2.42. The van der Waals surface area contributed by atoms with Crippen molar-refractivity contribution in [1.82, 2.24) is 0 Å².